The summed E-state index contributed by atoms with van der Waals surface area (Å²) in [5, 5.41) is 14.7. The van der Waals surface area contributed by atoms with Crippen molar-refractivity contribution in [1.29, 1.82) is 0 Å². The van der Waals surface area contributed by atoms with Crippen LogP contribution in [0.4, 0.5) is 10.1 Å². The van der Waals surface area contributed by atoms with Crippen LogP contribution < -0.4 is 4.90 Å². The van der Waals surface area contributed by atoms with Crippen molar-refractivity contribution in [3.05, 3.63) is 36.2 Å². The zero-order valence-electron chi connectivity index (χ0n) is 14.1. The average Bonchev–Trinajstić information content (AvgIpc) is 2.88. The Morgan fingerprint density at radius 2 is 2.09 bits per heavy atom. The van der Waals surface area contributed by atoms with E-state index in [1.165, 1.54) is 12.3 Å². The number of aliphatic hydroxyl groups is 1. The molecule has 2 aromatic heterocycles. The van der Waals surface area contributed by atoms with E-state index in [0.717, 1.165) is 11.9 Å². The van der Waals surface area contributed by atoms with Crippen LogP contribution in [0.2, 0.25) is 0 Å². The molecule has 0 bridgehead atoms. The molecule has 0 saturated heterocycles. The van der Waals surface area contributed by atoms with Crippen LogP contribution in [0.15, 0.2) is 24.7 Å². The Morgan fingerprint density at radius 1 is 1.39 bits per heavy atom. The molecule has 1 atom stereocenters. The van der Waals surface area contributed by atoms with Gasteiger partial charge in [-0.25, -0.2) is 9.07 Å². The van der Waals surface area contributed by atoms with Crippen molar-refractivity contribution in [3.63, 3.8) is 0 Å². The molecular weight excluding hydrogens is 299 g/mol. The van der Waals surface area contributed by atoms with Crippen molar-refractivity contribution in [2.75, 3.05) is 11.9 Å². The highest BCUT2D eigenvalue weighted by molar-refractivity contribution is 5.50. The molecule has 2 aromatic rings. The van der Waals surface area contributed by atoms with Crippen LogP contribution in [-0.2, 0) is 11.2 Å². The number of pyridine rings is 1. The monoisotopic (exact) mass is 322 g/mol. The molecule has 0 radical (unpaired) electrons. The molecule has 2 rings (SSSR count). The van der Waals surface area contributed by atoms with E-state index in [0.29, 0.717) is 17.8 Å². The summed E-state index contributed by atoms with van der Waals surface area (Å²) in [6, 6.07) is 1.35. The molecular formula is C16H23FN4O2. The van der Waals surface area contributed by atoms with Gasteiger partial charge in [0.05, 0.1) is 41.3 Å². The number of rotatable bonds is 5. The van der Waals surface area contributed by atoms with Gasteiger partial charge in [-0.3, -0.25) is 4.98 Å². The lowest BCUT2D eigenvalue weighted by molar-refractivity contribution is -0.163. The van der Waals surface area contributed by atoms with E-state index < -0.39 is 17.8 Å². The molecule has 0 fully saturated rings. The van der Waals surface area contributed by atoms with Gasteiger partial charge >= 0.3 is 0 Å². The summed E-state index contributed by atoms with van der Waals surface area (Å²) in [6.07, 6.45) is 3.95. The van der Waals surface area contributed by atoms with Crippen molar-refractivity contribution >= 4 is 5.69 Å². The third kappa shape index (κ3) is 4.27. The predicted molar refractivity (Wildman–Crippen MR) is 85.9 cm³/mol. The van der Waals surface area contributed by atoms with Crippen LogP contribution in [0, 0.1) is 5.82 Å². The van der Waals surface area contributed by atoms with Gasteiger partial charge in [-0.05, 0) is 27.2 Å². The second-order valence-electron chi connectivity index (χ2n) is 6.29. The maximum absolute atomic E-state index is 13.3. The smallest absolute Gasteiger partial charge is 0.238 e. The van der Waals surface area contributed by atoms with Gasteiger partial charge in [-0.1, -0.05) is 6.92 Å². The minimum atomic E-state index is -1.11. The molecule has 0 spiro atoms. The molecule has 0 aliphatic rings. The molecule has 6 nitrogen and oxygen atoms in total. The third-order valence-electron chi connectivity index (χ3n) is 3.23. The first-order valence-corrected chi connectivity index (χ1v) is 7.49. The largest absolute Gasteiger partial charge is 0.351 e. The van der Waals surface area contributed by atoms with E-state index in [9.17, 15) is 9.50 Å². The number of halogens is 1. The normalized spacial score (nSPS) is 13.2. The fourth-order valence-corrected chi connectivity index (χ4v) is 2.12. The third-order valence-corrected chi connectivity index (χ3v) is 3.23. The molecule has 0 aliphatic heterocycles. The zero-order valence-corrected chi connectivity index (χ0v) is 14.1. The molecule has 1 unspecified atom stereocenters. The molecule has 126 valence electrons. The summed E-state index contributed by atoms with van der Waals surface area (Å²) in [6.45, 7) is 7.57. The Morgan fingerprint density at radius 3 is 2.65 bits per heavy atom. The second-order valence-corrected chi connectivity index (χ2v) is 6.29. The summed E-state index contributed by atoms with van der Waals surface area (Å²) in [5.74, 6) is -0.429. The molecule has 1 N–H and O–H groups in total. The van der Waals surface area contributed by atoms with Crippen molar-refractivity contribution < 1.29 is 14.2 Å². The van der Waals surface area contributed by atoms with Gasteiger partial charge < -0.3 is 14.7 Å². The molecule has 7 heteroatoms. The van der Waals surface area contributed by atoms with E-state index in [4.69, 9.17) is 4.74 Å². The standard InChI is InChI=1S/C16H23FN4O2/c1-6-13-14(20(5)15(22)23-16(2,3)4)10-21(19-13)12-7-11(17)8-18-9-12/h7-10,15,22H,6H2,1-5H3. The van der Waals surface area contributed by atoms with Crippen LogP contribution in [-0.4, -0.2) is 38.9 Å². The van der Waals surface area contributed by atoms with E-state index in [1.54, 1.807) is 22.8 Å². The van der Waals surface area contributed by atoms with Gasteiger partial charge in [-0.15, -0.1) is 0 Å². The SMILES string of the molecule is CCc1nn(-c2cncc(F)c2)cc1N(C)C(O)OC(C)(C)C. The minimum Gasteiger partial charge on any atom is -0.351 e. The van der Waals surface area contributed by atoms with E-state index in [-0.39, 0.29) is 0 Å². The van der Waals surface area contributed by atoms with E-state index in [2.05, 4.69) is 10.1 Å². The first-order chi connectivity index (χ1) is 10.7. The number of hydrogen-bond acceptors (Lipinski definition) is 5. The summed E-state index contributed by atoms with van der Waals surface area (Å²) < 4.78 is 20.4. The van der Waals surface area contributed by atoms with Gasteiger partial charge in [0, 0.05) is 13.1 Å². The van der Waals surface area contributed by atoms with Crippen molar-refractivity contribution in [2.45, 2.75) is 46.1 Å². The molecule has 23 heavy (non-hydrogen) atoms. The highest BCUT2D eigenvalue weighted by Gasteiger charge is 2.23. The Hall–Kier alpha value is -1.99. The zero-order chi connectivity index (χ0) is 17.2. The lowest BCUT2D eigenvalue weighted by Crippen LogP contribution is -2.39. The minimum absolute atomic E-state index is 0.429. The predicted octanol–water partition coefficient (Wildman–Crippen LogP) is 2.50. The van der Waals surface area contributed by atoms with Crippen LogP contribution in [0.25, 0.3) is 5.69 Å². The number of aliphatic hydroxyl groups excluding tert-OH is 1. The van der Waals surface area contributed by atoms with Gasteiger partial charge in [0.15, 0.2) is 0 Å². The topological polar surface area (TPSA) is 63.4 Å². The number of nitrogens with zero attached hydrogens (tertiary/aromatic N) is 4. The van der Waals surface area contributed by atoms with Crippen LogP contribution >= 0.6 is 0 Å². The Balaban J connectivity index is 2.32. The Kier molecular flexibility index (Phi) is 5.01. The fraction of sp³-hybridized carbons (Fsp3) is 0.500. The van der Waals surface area contributed by atoms with Gasteiger partial charge in [0.25, 0.3) is 0 Å². The second kappa shape index (κ2) is 6.64. The van der Waals surface area contributed by atoms with E-state index >= 15 is 0 Å². The van der Waals surface area contributed by atoms with Gasteiger partial charge in [-0.2, -0.15) is 5.10 Å². The quantitative estimate of drug-likeness (QED) is 0.857. The Bertz CT molecular complexity index is 666. The summed E-state index contributed by atoms with van der Waals surface area (Å²) in [5.41, 5.74) is 1.52. The van der Waals surface area contributed by atoms with Crippen molar-refractivity contribution in [1.82, 2.24) is 14.8 Å². The van der Waals surface area contributed by atoms with Crippen LogP contribution in [0.3, 0.4) is 0 Å². The van der Waals surface area contributed by atoms with Crippen LogP contribution in [0.5, 0.6) is 0 Å². The maximum Gasteiger partial charge on any atom is 0.238 e. The number of aryl methyl sites for hydroxylation is 1. The number of ether oxygens (including phenoxy) is 1. The maximum atomic E-state index is 13.3. The first kappa shape index (κ1) is 17.4. The lowest BCUT2D eigenvalue weighted by atomic mass is 10.2. The summed E-state index contributed by atoms with van der Waals surface area (Å²) in [7, 11) is 1.72. The fourth-order valence-electron chi connectivity index (χ4n) is 2.12. The van der Waals surface area contributed by atoms with Crippen molar-refractivity contribution in [2.24, 2.45) is 0 Å². The van der Waals surface area contributed by atoms with Crippen LogP contribution in [0.1, 0.15) is 33.4 Å². The lowest BCUT2D eigenvalue weighted by Gasteiger charge is -2.30. The van der Waals surface area contributed by atoms with E-state index in [1.807, 2.05) is 27.7 Å². The Labute approximate surface area is 135 Å². The average molecular weight is 322 g/mol. The highest BCUT2D eigenvalue weighted by Crippen LogP contribution is 2.24. The number of aromatic nitrogens is 3. The van der Waals surface area contributed by atoms with Gasteiger partial charge in [0.1, 0.15) is 5.82 Å². The first-order valence-electron chi connectivity index (χ1n) is 7.49. The molecule has 0 amide bonds. The van der Waals surface area contributed by atoms with Crippen molar-refractivity contribution in [3.8, 4) is 5.69 Å². The number of anilines is 1. The number of hydrogen-bond donors (Lipinski definition) is 1. The molecule has 0 aromatic carbocycles. The summed E-state index contributed by atoms with van der Waals surface area (Å²) >= 11 is 0. The molecule has 0 saturated carbocycles. The molecule has 2 heterocycles. The highest BCUT2D eigenvalue weighted by atomic mass is 19.1. The summed E-state index contributed by atoms with van der Waals surface area (Å²) in [4.78, 5) is 5.43. The van der Waals surface area contributed by atoms with Gasteiger partial charge in [0.2, 0.25) is 6.41 Å². The molecule has 0 aliphatic carbocycles.